The van der Waals surface area contributed by atoms with Crippen molar-refractivity contribution in [3.05, 3.63) is 40.3 Å². The Hall–Kier alpha value is -1.62. The lowest BCUT2D eigenvalue weighted by Gasteiger charge is -1.99. The maximum Gasteiger partial charge on any atom is 0.340 e. The van der Waals surface area contributed by atoms with Crippen molar-refractivity contribution in [1.29, 1.82) is 0 Å². The van der Waals surface area contributed by atoms with Crippen LogP contribution in [-0.4, -0.2) is 23.0 Å². The molecule has 0 saturated carbocycles. The molecule has 1 N–H and O–H groups in total. The van der Waals surface area contributed by atoms with Gasteiger partial charge in [0.15, 0.2) is 0 Å². The number of aromatic nitrogens is 2. The standard InChI is InChI=1S/C12H11BrN2O2/c1-7-9(12(16)17-2)10(13)11(15-7)8-3-5-14-6-4-8/h3-6,15H,1-2H3. The van der Waals surface area contributed by atoms with E-state index >= 15 is 0 Å². The molecule has 0 aliphatic rings. The van der Waals surface area contributed by atoms with Crippen LogP contribution in [0.4, 0.5) is 0 Å². The Balaban J connectivity index is 2.56. The molecule has 0 amide bonds. The zero-order chi connectivity index (χ0) is 12.4. The summed E-state index contributed by atoms with van der Waals surface area (Å²) in [4.78, 5) is 18.7. The monoisotopic (exact) mass is 294 g/mol. The number of carbonyl (C=O) groups is 1. The molecule has 0 atom stereocenters. The average molecular weight is 295 g/mol. The Bertz CT molecular complexity index is 549. The largest absolute Gasteiger partial charge is 0.465 e. The maximum absolute atomic E-state index is 11.6. The van der Waals surface area contributed by atoms with Gasteiger partial charge in [-0.05, 0) is 35.0 Å². The fourth-order valence-corrected chi connectivity index (χ4v) is 2.44. The lowest BCUT2D eigenvalue weighted by molar-refractivity contribution is 0.0599. The quantitative estimate of drug-likeness (QED) is 0.867. The predicted molar refractivity (Wildman–Crippen MR) is 67.8 cm³/mol. The van der Waals surface area contributed by atoms with Crippen LogP contribution < -0.4 is 0 Å². The second-order valence-electron chi connectivity index (χ2n) is 3.54. The molecule has 0 aromatic carbocycles. The van der Waals surface area contributed by atoms with Crippen LogP contribution in [-0.2, 0) is 4.74 Å². The molecule has 2 heterocycles. The van der Waals surface area contributed by atoms with E-state index in [1.165, 1.54) is 7.11 Å². The summed E-state index contributed by atoms with van der Waals surface area (Å²) in [6.07, 6.45) is 3.41. The molecule has 0 saturated heterocycles. The van der Waals surface area contributed by atoms with Gasteiger partial charge in [0, 0.05) is 23.7 Å². The summed E-state index contributed by atoms with van der Waals surface area (Å²) in [5.74, 6) is -0.356. The van der Waals surface area contributed by atoms with E-state index in [0.717, 1.165) is 17.0 Å². The lowest BCUT2D eigenvalue weighted by atomic mass is 10.2. The molecule has 2 aromatic rings. The number of rotatable bonds is 2. The number of ether oxygens (including phenoxy) is 1. The highest BCUT2D eigenvalue weighted by molar-refractivity contribution is 9.10. The van der Waals surface area contributed by atoms with Gasteiger partial charge in [-0.25, -0.2) is 4.79 Å². The number of carbonyl (C=O) groups excluding carboxylic acids is 1. The van der Waals surface area contributed by atoms with Gasteiger partial charge < -0.3 is 9.72 Å². The van der Waals surface area contributed by atoms with Gasteiger partial charge >= 0.3 is 5.97 Å². The Morgan fingerprint density at radius 2 is 2.06 bits per heavy atom. The summed E-state index contributed by atoms with van der Waals surface area (Å²) in [5.41, 5.74) is 3.12. The highest BCUT2D eigenvalue weighted by atomic mass is 79.9. The number of pyridine rings is 1. The van der Waals surface area contributed by atoms with Gasteiger partial charge in [-0.1, -0.05) is 0 Å². The minimum Gasteiger partial charge on any atom is -0.465 e. The number of aryl methyl sites for hydroxylation is 1. The number of nitrogens with one attached hydrogen (secondary N) is 1. The zero-order valence-corrected chi connectivity index (χ0v) is 11.0. The van der Waals surface area contributed by atoms with Crippen molar-refractivity contribution in [1.82, 2.24) is 9.97 Å². The fraction of sp³-hybridized carbons (Fsp3) is 0.167. The van der Waals surface area contributed by atoms with Crippen molar-refractivity contribution in [2.24, 2.45) is 0 Å². The van der Waals surface area contributed by atoms with Crippen LogP contribution in [0.1, 0.15) is 16.1 Å². The molecule has 0 fully saturated rings. The first-order valence-corrected chi connectivity index (χ1v) is 5.81. The predicted octanol–water partition coefficient (Wildman–Crippen LogP) is 2.93. The average Bonchev–Trinajstić information content (AvgIpc) is 2.65. The van der Waals surface area contributed by atoms with Gasteiger partial charge in [0.05, 0.1) is 22.8 Å². The van der Waals surface area contributed by atoms with E-state index < -0.39 is 0 Å². The summed E-state index contributed by atoms with van der Waals surface area (Å²) in [6, 6.07) is 3.74. The molecule has 0 bridgehead atoms. The van der Waals surface area contributed by atoms with Crippen LogP contribution in [0.25, 0.3) is 11.3 Å². The van der Waals surface area contributed by atoms with Crippen molar-refractivity contribution in [2.75, 3.05) is 7.11 Å². The number of hydrogen-bond donors (Lipinski definition) is 1. The molecule has 2 aromatic heterocycles. The second kappa shape index (κ2) is 4.71. The minimum atomic E-state index is -0.356. The van der Waals surface area contributed by atoms with Crippen molar-refractivity contribution < 1.29 is 9.53 Å². The van der Waals surface area contributed by atoms with Gasteiger partial charge in [0.25, 0.3) is 0 Å². The van der Waals surface area contributed by atoms with Crippen LogP contribution in [0.15, 0.2) is 29.0 Å². The topological polar surface area (TPSA) is 55.0 Å². The van der Waals surface area contributed by atoms with Gasteiger partial charge in [-0.2, -0.15) is 0 Å². The smallest absolute Gasteiger partial charge is 0.340 e. The van der Waals surface area contributed by atoms with Gasteiger partial charge in [0.2, 0.25) is 0 Å². The van der Waals surface area contributed by atoms with Crippen molar-refractivity contribution >= 4 is 21.9 Å². The highest BCUT2D eigenvalue weighted by Crippen LogP contribution is 2.32. The number of hydrogen-bond acceptors (Lipinski definition) is 3. The number of H-pyrrole nitrogens is 1. The molecule has 0 aliphatic heterocycles. The van der Waals surface area contributed by atoms with Crippen molar-refractivity contribution in [2.45, 2.75) is 6.92 Å². The van der Waals surface area contributed by atoms with E-state index in [-0.39, 0.29) is 5.97 Å². The first-order chi connectivity index (χ1) is 8.15. The number of methoxy groups -OCH3 is 1. The molecule has 88 valence electrons. The number of esters is 1. The molecule has 5 heteroatoms. The highest BCUT2D eigenvalue weighted by Gasteiger charge is 2.20. The van der Waals surface area contributed by atoms with E-state index in [9.17, 15) is 4.79 Å². The number of nitrogens with zero attached hydrogens (tertiary/aromatic N) is 1. The molecule has 17 heavy (non-hydrogen) atoms. The van der Waals surface area contributed by atoms with E-state index in [2.05, 4.69) is 25.9 Å². The molecule has 0 unspecified atom stereocenters. The molecule has 2 rings (SSSR count). The summed E-state index contributed by atoms with van der Waals surface area (Å²) < 4.78 is 5.46. The Morgan fingerprint density at radius 1 is 1.41 bits per heavy atom. The molecule has 0 spiro atoms. The van der Waals surface area contributed by atoms with Gasteiger partial charge in [-0.15, -0.1) is 0 Å². The van der Waals surface area contributed by atoms with E-state index in [4.69, 9.17) is 4.74 Å². The molecular formula is C12H11BrN2O2. The second-order valence-corrected chi connectivity index (χ2v) is 4.33. The summed E-state index contributed by atoms with van der Waals surface area (Å²) in [6.45, 7) is 1.84. The maximum atomic E-state index is 11.6. The third-order valence-corrected chi connectivity index (χ3v) is 3.28. The molecule has 0 radical (unpaired) electrons. The van der Waals surface area contributed by atoms with Crippen LogP contribution >= 0.6 is 15.9 Å². The van der Waals surface area contributed by atoms with Crippen LogP contribution in [0.5, 0.6) is 0 Å². The van der Waals surface area contributed by atoms with Crippen LogP contribution in [0.2, 0.25) is 0 Å². The number of halogens is 1. The first-order valence-electron chi connectivity index (χ1n) is 5.02. The molecule has 0 aliphatic carbocycles. The third-order valence-electron chi connectivity index (χ3n) is 2.48. The molecule has 4 nitrogen and oxygen atoms in total. The van der Waals surface area contributed by atoms with Crippen molar-refractivity contribution in [3.63, 3.8) is 0 Å². The zero-order valence-electron chi connectivity index (χ0n) is 9.45. The van der Waals surface area contributed by atoms with Gasteiger partial charge in [0.1, 0.15) is 0 Å². The number of aromatic amines is 1. The first kappa shape index (κ1) is 11.9. The van der Waals surface area contributed by atoms with Gasteiger partial charge in [-0.3, -0.25) is 4.98 Å². The van der Waals surface area contributed by atoms with Crippen LogP contribution in [0.3, 0.4) is 0 Å². The van der Waals surface area contributed by atoms with E-state index in [1.54, 1.807) is 12.4 Å². The minimum absolute atomic E-state index is 0.356. The lowest BCUT2D eigenvalue weighted by Crippen LogP contribution is -2.02. The Labute approximate surface area is 107 Å². The summed E-state index contributed by atoms with van der Waals surface area (Å²) >= 11 is 3.43. The van der Waals surface area contributed by atoms with E-state index in [0.29, 0.717) is 10.0 Å². The fourth-order valence-electron chi connectivity index (χ4n) is 1.66. The normalized spacial score (nSPS) is 10.3. The SMILES string of the molecule is COC(=O)c1c(C)[nH]c(-c2ccncc2)c1Br. The van der Waals surface area contributed by atoms with Crippen molar-refractivity contribution in [3.8, 4) is 11.3 Å². The van der Waals surface area contributed by atoms with E-state index in [1.807, 2.05) is 19.1 Å². The Morgan fingerprint density at radius 3 is 2.65 bits per heavy atom. The van der Waals surface area contributed by atoms with Crippen LogP contribution in [0, 0.1) is 6.92 Å². The summed E-state index contributed by atoms with van der Waals surface area (Å²) in [5, 5.41) is 0. The third kappa shape index (κ3) is 2.10. The Kier molecular flexibility index (Phi) is 3.28. The summed E-state index contributed by atoms with van der Waals surface area (Å²) in [7, 11) is 1.37. The molecular weight excluding hydrogens is 284 g/mol.